The van der Waals surface area contributed by atoms with Gasteiger partial charge < -0.3 is 24.3 Å². The van der Waals surface area contributed by atoms with Crippen LogP contribution in [0, 0.1) is 0 Å². The smallest absolute Gasteiger partial charge is 0.408 e. The molecule has 1 unspecified atom stereocenters. The second kappa shape index (κ2) is 11.2. The highest BCUT2D eigenvalue weighted by Gasteiger charge is 2.32. The number of ether oxygens (including phenoxy) is 4. The highest BCUT2D eigenvalue weighted by atomic mass is 16.6. The molecule has 1 N–H and O–H groups in total. The topological polar surface area (TPSA) is 83.1 Å². The Balaban J connectivity index is 1.45. The minimum Gasteiger partial charge on any atom is -0.490 e. The van der Waals surface area contributed by atoms with Crippen molar-refractivity contribution in [3.05, 3.63) is 65.7 Å². The zero-order valence-electron chi connectivity index (χ0n) is 19.7. The Kier molecular flexibility index (Phi) is 8.33. The number of rotatable bonds is 9. The number of alkyl carbamates (subject to hydrolysis) is 1. The molecule has 1 aliphatic carbocycles. The zero-order chi connectivity index (χ0) is 23.8. The maximum absolute atomic E-state index is 12.1. The maximum Gasteiger partial charge on any atom is 0.408 e. The van der Waals surface area contributed by atoms with Gasteiger partial charge in [0.1, 0.15) is 23.5 Å². The van der Waals surface area contributed by atoms with E-state index in [1.807, 2.05) is 42.5 Å². The first-order chi connectivity index (χ1) is 15.7. The summed E-state index contributed by atoms with van der Waals surface area (Å²) >= 11 is 0. The minimum absolute atomic E-state index is 0.133. The van der Waals surface area contributed by atoms with Crippen molar-refractivity contribution >= 4 is 12.1 Å². The predicted octanol–water partition coefficient (Wildman–Crippen LogP) is 4.42. The van der Waals surface area contributed by atoms with Gasteiger partial charge in [0, 0.05) is 19.3 Å². The number of carbonyl (C=O) groups is 2. The molecule has 1 aliphatic rings. The molecule has 1 saturated carbocycles. The molecule has 178 valence electrons. The molecular formula is C26H33NO6. The van der Waals surface area contributed by atoms with Gasteiger partial charge in [-0.2, -0.15) is 0 Å². The van der Waals surface area contributed by atoms with Crippen LogP contribution in [0.15, 0.2) is 54.6 Å². The van der Waals surface area contributed by atoms with Crippen LogP contribution >= 0.6 is 0 Å². The predicted molar refractivity (Wildman–Crippen MR) is 124 cm³/mol. The number of carbonyl (C=O) groups excluding carboxylic acids is 2. The Morgan fingerprint density at radius 1 is 0.970 bits per heavy atom. The summed E-state index contributed by atoms with van der Waals surface area (Å²) in [5.41, 5.74) is 1.38. The van der Waals surface area contributed by atoms with E-state index in [4.69, 9.17) is 18.9 Å². The van der Waals surface area contributed by atoms with Gasteiger partial charge in [0.25, 0.3) is 0 Å². The molecule has 0 radical (unpaired) electrons. The third-order valence-electron chi connectivity index (χ3n) is 5.22. The number of hydrogen-bond acceptors (Lipinski definition) is 6. The zero-order valence-corrected chi connectivity index (χ0v) is 19.7. The first-order valence-corrected chi connectivity index (χ1v) is 11.2. The molecular weight excluding hydrogens is 422 g/mol. The van der Waals surface area contributed by atoms with Crippen LogP contribution in [0.4, 0.5) is 4.79 Å². The van der Waals surface area contributed by atoms with Crippen molar-refractivity contribution < 1.29 is 28.5 Å². The Morgan fingerprint density at radius 2 is 1.64 bits per heavy atom. The van der Waals surface area contributed by atoms with E-state index in [1.54, 1.807) is 20.8 Å². The number of hydrogen-bond donors (Lipinski definition) is 1. The van der Waals surface area contributed by atoms with Crippen molar-refractivity contribution in [2.75, 3.05) is 7.11 Å². The monoisotopic (exact) mass is 455 g/mol. The van der Waals surface area contributed by atoms with Crippen LogP contribution in [0.3, 0.4) is 0 Å². The van der Waals surface area contributed by atoms with E-state index in [0.717, 1.165) is 24.2 Å². The van der Waals surface area contributed by atoms with Crippen LogP contribution < -0.4 is 10.1 Å². The van der Waals surface area contributed by atoms with Gasteiger partial charge in [-0.25, -0.2) is 9.59 Å². The highest BCUT2D eigenvalue weighted by Crippen LogP contribution is 2.29. The van der Waals surface area contributed by atoms with Gasteiger partial charge in [0.15, 0.2) is 0 Å². The lowest BCUT2D eigenvalue weighted by molar-refractivity contribution is -0.143. The summed E-state index contributed by atoms with van der Waals surface area (Å²) in [5.74, 6) is 0.233. The van der Waals surface area contributed by atoms with E-state index in [-0.39, 0.29) is 18.6 Å². The Bertz CT molecular complexity index is 901. The van der Waals surface area contributed by atoms with Gasteiger partial charge in [-0.3, -0.25) is 0 Å². The number of nitrogens with one attached hydrogen (secondary N) is 1. The van der Waals surface area contributed by atoms with E-state index in [0.29, 0.717) is 6.61 Å². The Labute approximate surface area is 195 Å². The fourth-order valence-electron chi connectivity index (χ4n) is 3.46. The number of amides is 1. The van der Waals surface area contributed by atoms with Gasteiger partial charge >= 0.3 is 12.1 Å². The molecule has 7 nitrogen and oxygen atoms in total. The minimum atomic E-state index is -0.842. The van der Waals surface area contributed by atoms with E-state index in [2.05, 4.69) is 17.4 Å². The summed E-state index contributed by atoms with van der Waals surface area (Å²) in [4.78, 5) is 24.2. The standard InChI is InChI=1S/C26H33NO6/c1-26(2,3)33-25(29)27-23(24(28)30-4)14-18-10-12-20(13-11-18)32-22-15-21(16-22)31-17-19-8-6-5-7-9-19/h5-13,21-23H,14-17H2,1-4H3,(H,27,29). The lowest BCUT2D eigenvalue weighted by atomic mass is 9.92. The van der Waals surface area contributed by atoms with E-state index < -0.39 is 23.7 Å². The largest absolute Gasteiger partial charge is 0.490 e. The molecule has 3 rings (SSSR count). The van der Waals surface area contributed by atoms with Crippen molar-refractivity contribution in [2.45, 2.75) is 70.5 Å². The van der Waals surface area contributed by atoms with Crippen LogP contribution in [0.25, 0.3) is 0 Å². The van der Waals surface area contributed by atoms with Crippen LogP contribution in [0.5, 0.6) is 5.75 Å². The Morgan fingerprint density at radius 3 is 2.24 bits per heavy atom. The molecule has 0 aromatic heterocycles. The molecule has 0 bridgehead atoms. The normalized spacial score (nSPS) is 18.5. The fraction of sp³-hybridized carbons (Fsp3) is 0.462. The molecule has 0 saturated heterocycles. The van der Waals surface area contributed by atoms with Crippen molar-refractivity contribution in [3.63, 3.8) is 0 Å². The van der Waals surface area contributed by atoms with Crippen LogP contribution in [-0.2, 0) is 32.0 Å². The van der Waals surface area contributed by atoms with Crippen LogP contribution in [-0.4, -0.2) is 43.0 Å². The van der Waals surface area contributed by atoms with Crippen molar-refractivity contribution in [2.24, 2.45) is 0 Å². The van der Waals surface area contributed by atoms with E-state index in [1.165, 1.54) is 12.7 Å². The average molecular weight is 456 g/mol. The fourth-order valence-corrected chi connectivity index (χ4v) is 3.46. The van der Waals surface area contributed by atoms with Crippen molar-refractivity contribution in [3.8, 4) is 5.75 Å². The summed E-state index contributed by atoms with van der Waals surface area (Å²) < 4.78 is 22.0. The molecule has 2 aromatic carbocycles. The average Bonchev–Trinajstić information content (AvgIpc) is 2.74. The van der Waals surface area contributed by atoms with E-state index >= 15 is 0 Å². The summed E-state index contributed by atoms with van der Waals surface area (Å²) in [6, 6.07) is 16.8. The van der Waals surface area contributed by atoms with Crippen LogP contribution in [0.1, 0.15) is 44.7 Å². The molecule has 1 amide bonds. The molecule has 2 aromatic rings. The summed E-state index contributed by atoms with van der Waals surface area (Å²) in [6.07, 6.45) is 1.69. The molecule has 7 heteroatoms. The molecule has 1 atom stereocenters. The Hall–Kier alpha value is -3.06. The quantitative estimate of drug-likeness (QED) is 0.564. The molecule has 33 heavy (non-hydrogen) atoms. The third kappa shape index (κ3) is 8.09. The SMILES string of the molecule is COC(=O)C(Cc1ccc(OC2CC(OCc3ccccc3)C2)cc1)NC(=O)OC(C)(C)C. The van der Waals surface area contributed by atoms with Gasteiger partial charge in [0.2, 0.25) is 0 Å². The van der Waals surface area contributed by atoms with E-state index in [9.17, 15) is 9.59 Å². The lowest BCUT2D eigenvalue weighted by Crippen LogP contribution is -2.45. The van der Waals surface area contributed by atoms with Crippen molar-refractivity contribution in [1.82, 2.24) is 5.32 Å². The first kappa shape index (κ1) is 24.6. The summed E-state index contributed by atoms with van der Waals surface area (Å²) in [5, 5.41) is 2.59. The third-order valence-corrected chi connectivity index (χ3v) is 5.22. The molecule has 0 spiro atoms. The van der Waals surface area contributed by atoms with Gasteiger partial charge in [-0.1, -0.05) is 42.5 Å². The van der Waals surface area contributed by atoms with Gasteiger partial charge in [-0.15, -0.1) is 0 Å². The number of benzene rings is 2. The summed E-state index contributed by atoms with van der Waals surface area (Å²) in [6.45, 7) is 5.90. The second-order valence-electron chi connectivity index (χ2n) is 9.20. The van der Waals surface area contributed by atoms with Crippen LogP contribution in [0.2, 0.25) is 0 Å². The number of methoxy groups -OCH3 is 1. The molecule has 0 heterocycles. The maximum atomic E-state index is 12.1. The lowest BCUT2D eigenvalue weighted by Gasteiger charge is -2.35. The summed E-state index contributed by atoms with van der Waals surface area (Å²) in [7, 11) is 1.29. The first-order valence-electron chi connectivity index (χ1n) is 11.2. The second-order valence-corrected chi connectivity index (χ2v) is 9.20. The molecule has 0 aliphatic heterocycles. The van der Waals surface area contributed by atoms with Gasteiger partial charge in [-0.05, 0) is 44.0 Å². The van der Waals surface area contributed by atoms with Crippen molar-refractivity contribution in [1.29, 1.82) is 0 Å². The highest BCUT2D eigenvalue weighted by molar-refractivity contribution is 5.81. The van der Waals surface area contributed by atoms with Gasteiger partial charge in [0.05, 0.1) is 19.8 Å². The molecule has 1 fully saturated rings. The number of esters is 1.